The fourth-order valence-electron chi connectivity index (χ4n) is 4.09. The fraction of sp³-hybridized carbons (Fsp3) is 0.435. The summed E-state index contributed by atoms with van der Waals surface area (Å²) in [5, 5.41) is 2.40. The van der Waals surface area contributed by atoms with E-state index >= 15 is 0 Å². The Kier molecular flexibility index (Phi) is 5.59. The van der Waals surface area contributed by atoms with Crippen molar-refractivity contribution < 1.29 is 14.0 Å². The lowest BCUT2D eigenvalue weighted by molar-refractivity contribution is -0.146. The second-order valence-electron chi connectivity index (χ2n) is 8.60. The van der Waals surface area contributed by atoms with E-state index < -0.39 is 8.32 Å². The third kappa shape index (κ3) is 3.74. The predicted octanol–water partition coefficient (Wildman–Crippen LogP) is 3.90. The molecular weight excluding hydrogens is 352 g/mol. The SMILES string of the molecule is CC(O[Si](c1ccccc1)(c1ccccc1)C(C)(C)C)[C@@H]1C[C@@H](C)C(=O)O1. The van der Waals surface area contributed by atoms with Crippen LogP contribution in [0, 0.1) is 5.92 Å². The third-order valence-corrected chi connectivity index (χ3v) is 10.7. The zero-order chi connectivity index (χ0) is 19.7. The number of esters is 1. The van der Waals surface area contributed by atoms with Crippen LogP contribution in [0.3, 0.4) is 0 Å². The molecular formula is C23H30O3Si. The molecule has 0 bridgehead atoms. The first-order valence-corrected chi connectivity index (χ1v) is 11.7. The van der Waals surface area contributed by atoms with Gasteiger partial charge in [0.05, 0.1) is 12.0 Å². The summed E-state index contributed by atoms with van der Waals surface area (Å²) in [6, 6.07) is 21.1. The topological polar surface area (TPSA) is 35.5 Å². The standard InChI is InChI=1S/C23H30O3Si/c1-17-16-21(25-22(17)24)18(2)26-27(23(3,4)5,19-12-8-6-9-13-19)20-14-10-7-11-15-20/h6-15,17-18,21H,16H2,1-5H3/t17-,18?,21+/m1/s1. The minimum absolute atomic E-state index is 0.0554. The molecule has 0 aliphatic carbocycles. The van der Waals surface area contributed by atoms with E-state index in [9.17, 15) is 4.79 Å². The van der Waals surface area contributed by atoms with Gasteiger partial charge in [0.2, 0.25) is 0 Å². The van der Waals surface area contributed by atoms with Crippen molar-refractivity contribution in [1.82, 2.24) is 0 Å². The van der Waals surface area contributed by atoms with Gasteiger partial charge < -0.3 is 9.16 Å². The van der Waals surface area contributed by atoms with Gasteiger partial charge in [-0.1, -0.05) is 88.4 Å². The molecule has 4 heteroatoms. The smallest absolute Gasteiger partial charge is 0.309 e. The molecule has 3 rings (SSSR count). The summed E-state index contributed by atoms with van der Waals surface area (Å²) in [6.07, 6.45) is 0.373. The molecule has 0 amide bonds. The van der Waals surface area contributed by atoms with E-state index in [0.717, 1.165) is 6.42 Å². The summed E-state index contributed by atoms with van der Waals surface area (Å²) in [4.78, 5) is 11.9. The molecule has 3 atom stereocenters. The number of hydrogen-bond donors (Lipinski definition) is 0. The lowest BCUT2D eigenvalue weighted by Crippen LogP contribution is -2.68. The van der Waals surface area contributed by atoms with Crippen LogP contribution in [0.15, 0.2) is 60.7 Å². The number of carbonyl (C=O) groups is 1. The van der Waals surface area contributed by atoms with Crippen molar-refractivity contribution in [3.63, 3.8) is 0 Å². The molecule has 1 fully saturated rings. The van der Waals surface area contributed by atoms with Crippen molar-refractivity contribution in [2.24, 2.45) is 5.92 Å². The number of hydrogen-bond acceptors (Lipinski definition) is 3. The average molecular weight is 383 g/mol. The van der Waals surface area contributed by atoms with E-state index in [0.29, 0.717) is 0 Å². The van der Waals surface area contributed by atoms with Crippen LogP contribution >= 0.6 is 0 Å². The summed E-state index contributed by atoms with van der Waals surface area (Å²) in [5.74, 6) is -0.168. The minimum Gasteiger partial charge on any atom is -0.459 e. The molecule has 27 heavy (non-hydrogen) atoms. The van der Waals surface area contributed by atoms with Crippen LogP contribution in [0.2, 0.25) is 5.04 Å². The van der Waals surface area contributed by atoms with Gasteiger partial charge in [0.25, 0.3) is 8.32 Å². The van der Waals surface area contributed by atoms with Gasteiger partial charge in [-0.05, 0) is 28.8 Å². The first kappa shape index (κ1) is 19.8. The Morgan fingerprint density at radius 3 is 1.85 bits per heavy atom. The Morgan fingerprint density at radius 2 is 1.48 bits per heavy atom. The predicted molar refractivity (Wildman–Crippen MR) is 112 cm³/mol. The van der Waals surface area contributed by atoms with Crippen molar-refractivity contribution in [2.45, 2.75) is 58.3 Å². The van der Waals surface area contributed by atoms with Gasteiger partial charge in [0, 0.05) is 0 Å². The van der Waals surface area contributed by atoms with E-state index in [1.165, 1.54) is 10.4 Å². The summed E-state index contributed by atoms with van der Waals surface area (Å²) >= 11 is 0. The van der Waals surface area contributed by atoms with Crippen LogP contribution in [0.1, 0.15) is 41.0 Å². The van der Waals surface area contributed by atoms with Crippen LogP contribution in [-0.4, -0.2) is 26.5 Å². The van der Waals surface area contributed by atoms with Gasteiger partial charge in [-0.25, -0.2) is 0 Å². The van der Waals surface area contributed by atoms with Crippen LogP contribution in [-0.2, 0) is 14.0 Å². The van der Waals surface area contributed by atoms with E-state index in [1.54, 1.807) is 0 Å². The minimum atomic E-state index is -2.62. The maximum atomic E-state index is 11.9. The summed E-state index contributed by atoms with van der Waals surface area (Å²) in [7, 11) is -2.62. The number of carbonyl (C=O) groups excluding carboxylic acids is 1. The third-order valence-electron chi connectivity index (χ3n) is 5.56. The summed E-state index contributed by atoms with van der Waals surface area (Å²) in [5.41, 5.74) is 0. The highest BCUT2D eigenvalue weighted by molar-refractivity contribution is 6.99. The van der Waals surface area contributed by atoms with Gasteiger partial charge in [0.1, 0.15) is 6.10 Å². The number of cyclic esters (lactones) is 1. The molecule has 3 nitrogen and oxygen atoms in total. The van der Waals surface area contributed by atoms with Gasteiger partial charge in [0.15, 0.2) is 0 Å². The van der Waals surface area contributed by atoms with E-state index in [4.69, 9.17) is 9.16 Å². The Bertz CT molecular complexity index is 728. The van der Waals surface area contributed by atoms with Crippen molar-refractivity contribution in [3.8, 4) is 0 Å². The Labute approximate surface area is 163 Å². The van der Waals surface area contributed by atoms with Gasteiger partial charge >= 0.3 is 5.97 Å². The first-order valence-electron chi connectivity index (χ1n) is 9.75. The average Bonchev–Trinajstić information content (AvgIpc) is 2.99. The van der Waals surface area contributed by atoms with Gasteiger partial charge in [-0.15, -0.1) is 0 Å². The molecule has 0 N–H and O–H groups in total. The van der Waals surface area contributed by atoms with Crippen LogP contribution in [0.25, 0.3) is 0 Å². The Morgan fingerprint density at radius 1 is 1.00 bits per heavy atom. The van der Waals surface area contributed by atoms with Gasteiger partial charge in [-0.3, -0.25) is 4.79 Å². The van der Waals surface area contributed by atoms with Crippen molar-refractivity contribution >= 4 is 24.7 Å². The monoisotopic (exact) mass is 382 g/mol. The maximum Gasteiger partial charge on any atom is 0.309 e. The second-order valence-corrected chi connectivity index (χ2v) is 12.9. The van der Waals surface area contributed by atoms with E-state index in [-0.39, 0.29) is 29.1 Å². The molecule has 0 spiro atoms. The van der Waals surface area contributed by atoms with Crippen LogP contribution in [0.4, 0.5) is 0 Å². The van der Waals surface area contributed by atoms with Crippen molar-refractivity contribution in [2.75, 3.05) is 0 Å². The van der Waals surface area contributed by atoms with Gasteiger partial charge in [-0.2, -0.15) is 0 Å². The van der Waals surface area contributed by atoms with E-state index in [1.807, 2.05) is 19.1 Å². The Balaban J connectivity index is 2.08. The molecule has 0 radical (unpaired) electrons. The largest absolute Gasteiger partial charge is 0.459 e. The Hall–Kier alpha value is -1.91. The highest BCUT2D eigenvalue weighted by atomic mass is 28.4. The quantitative estimate of drug-likeness (QED) is 0.581. The highest BCUT2D eigenvalue weighted by Crippen LogP contribution is 2.38. The van der Waals surface area contributed by atoms with Crippen molar-refractivity contribution in [1.29, 1.82) is 0 Å². The lowest BCUT2D eigenvalue weighted by Gasteiger charge is -2.45. The molecule has 2 aromatic rings. The second kappa shape index (κ2) is 7.61. The number of ether oxygens (including phenoxy) is 1. The maximum absolute atomic E-state index is 11.9. The molecule has 1 saturated heterocycles. The number of benzene rings is 2. The van der Waals surface area contributed by atoms with Crippen molar-refractivity contribution in [3.05, 3.63) is 60.7 Å². The molecule has 0 aromatic heterocycles. The lowest BCUT2D eigenvalue weighted by atomic mass is 10.1. The van der Waals surface area contributed by atoms with Crippen LogP contribution < -0.4 is 10.4 Å². The zero-order valence-corrected chi connectivity index (χ0v) is 17.9. The zero-order valence-electron chi connectivity index (χ0n) is 16.9. The fourth-order valence-corrected chi connectivity index (χ4v) is 8.82. The highest BCUT2D eigenvalue weighted by Gasteiger charge is 2.52. The molecule has 1 unspecified atom stereocenters. The molecule has 2 aromatic carbocycles. The molecule has 144 valence electrons. The normalized spacial score (nSPS) is 21.7. The first-order chi connectivity index (χ1) is 12.8. The summed E-state index contributed by atoms with van der Waals surface area (Å²) in [6.45, 7) is 10.8. The van der Waals surface area contributed by atoms with Crippen LogP contribution in [0.5, 0.6) is 0 Å². The molecule has 0 saturated carbocycles. The molecule has 1 heterocycles. The van der Waals surface area contributed by atoms with E-state index in [2.05, 4.69) is 76.2 Å². The summed E-state index contributed by atoms with van der Waals surface area (Å²) < 4.78 is 12.6. The molecule has 1 aliphatic heterocycles. The molecule has 1 aliphatic rings. The number of rotatable bonds is 5.